The predicted octanol–water partition coefficient (Wildman–Crippen LogP) is 19.8. The summed E-state index contributed by atoms with van der Waals surface area (Å²) in [7, 11) is -12.3. The molecule has 28 nitrogen and oxygen atoms in total. The molecule has 1 saturated carbocycles. The zero-order chi connectivity index (χ0) is 107. The topological polar surface area (TPSA) is 375 Å². The number of fused-ring (bicyclic) bond motifs is 4. The van der Waals surface area contributed by atoms with E-state index >= 15 is 0 Å². The highest BCUT2D eigenvalue weighted by atomic mass is 32.2. The number of aryl methyl sites for hydroxylation is 1. The smallest absolute Gasteiger partial charge is 0.272 e. The molecule has 7 aliphatic heterocycles. The van der Waals surface area contributed by atoms with Gasteiger partial charge in [0.05, 0.1) is 102 Å². The Bertz CT molecular complexity index is 6700. The molecule has 38 heteroatoms. The molecule has 8 aliphatic rings. The molecule has 4 amide bonds. The molecule has 4 aromatic carbocycles. The van der Waals surface area contributed by atoms with E-state index in [9.17, 15) is 98.4 Å². The van der Waals surface area contributed by atoms with Gasteiger partial charge in [-0.05, 0) is 290 Å². The van der Waals surface area contributed by atoms with E-state index in [0.29, 0.717) is 153 Å². The lowest BCUT2D eigenvalue weighted by Gasteiger charge is -2.41. The van der Waals surface area contributed by atoms with E-state index in [-0.39, 0.29) is 155 Å². The van der Waals surface area contributed by atoms with E-state index in [1.165, 1.54) is 98.1 Å². The molecule has 4 fully saturated rings. The minimum absolute atomic E-state index is 0.00821. The average molecular weight is 2090 g/mol. The van der Waals surface area contributed by atoms with Gasteiger partial charge >= 0.3 is 0 Å². The maximum Gasteiger partial charge on any atom is 0.272 e. The number of ketones is 4. The number of Topliss-reactive ketones (excluding diaryl/α,β-unsaturated/α-hetero) is 4. The van der Waals surface area contributed by atoms with Crippen molar-refractivity contribution in [3.05, 3.63) is 190 Å². The molecule has 145 heavy (non-hydrogen) atoms. The lowest BCUT2D eigenvalue weighted by atomic mass is 9.67. The fraction of sp³-hybridized carbons (Fsp3) is 0.514. The first kappa shape index (κ1) is 111. The molecule has 11 heterocycles. The second-order valence-corrected chi connectivity index (χ2v) is 54.0. The van der Waals surface area contributed by atoms with E-state index < -0.39 is 114 Å². The molecule has 1 aliphatic carbocycles. The number of amides is 4. The second-order valence-electron chi connectivity index (χ2n) is 44.9. The molecule has 782 valence electrons. The summed E-state index contributed by atoms with van der Waals surface area (Å²) in [5.74, 6) is -0.115. The summed E-state index contributed by atoms with van der Waals surface area (Å²) in [5, 5.41) is 0. The predicted molar refractivity (Wildman–Crippen MR) is 541 cm³/mol. The fourth-order valence-electron chi connectivity index (χ4n) is 19.3. The number of halogens is 6. The lowest BCUT2D eigenvalue weighted by Crippen LogP contribution is -2.38. The van der Waals surface area contributed by atoms with E-state index in [1.54, 1.807) is 132 Å². The fourth-order valence-corrected chi connectivity index (χ4v) is 26.2. The highest BCUT2D eigenvalue weighted by molar-refractivity contribution is 7.92. The second kappa shape index (κ2) is 40.7. The van der Waals surface area contributed by atoms with Crippen LogP contribution < -0.4 is 38.5 Å². The standard InChI is InChI=1S/C27H32F2N2O5S.2C27H33FN2O5S.C26H30F2N2O5S/c1-25(2,29)16-36-23-13-21(19(28)15-30-23)31-20-7-6-17(12-18(20)26(3,4)24(31)33)22(32)14-27(5)8-10-37(34,35)11-9-27;2*1-25(2,28)17-35-19-8-11-29-23(15-19)30-21-7-6-18(14-20(21)26(3,4)24(30)32)22(31)16-27(5)9-12-36(33,34)13-10-27;1-16-13-29-23(35-14-22(27)28)11-20(16)30-19-7-6-17(10-18(19)25(2,3)24(30)32)21(31)12-26(8-5-9-26)15-36(4,33)34/h6-7,12-13,15H,8-11,14,16H2,1-5H3;2*6-8,11,14-15H,9-10,12-13,16-17H2,1-5H3;6-7,10-11,13,22H,5,8-9,12,14-15H2,1-4H3. The van der Waals surface area contributed by atoms with Gasteiger partial charge in [-0.25, -0.2) is 79.9 Å². The Morgan fingerprint density at radius 3 is 1.03 bits per heavy atom. The van der Waals surface area contributed by atoms with Crippen LogP contribution in [0.25, 0.3) is 0 Å². The van der Waals surface area contributed by atoms with Crippen LogP contribution >= 0.6 is 0 Å². The van der Waals surface area contributed by atoms with Crippen LogP contribution in [0.4, 0.5) is 72.1 Å². The summed E-state index contributed by atoms with van der Waals surface area (Å²) >= 11 is 0. The van der Waals surface area contributed by atoms with Crippen LogP contribution in [-0.4, -0.2) is 197 Å². The molecule has 8 aromatic rings. The Labute approximate surface area is 844 Å². The number of nitrogens with zero attached hydrogens (tertiary/aromatic N) is 8. The largest absolute Gasteiger partial charge is 0.490 e. The Morgan fingerprint density at radius 2 is 0.703 bits per heavy atom. The normalized spacial score (nSPS) is 19.6. The molecule has 0 N–H and O–H groups in total. The maximum atomic E-state index is 14.9. The summed E-state index contributed by atoms with van der Waals surface area (Å²) < 4.78 is 198. The average Bonchev–Trinajstić information content (AvgIpc) is 1.59. The minimum atomic E-state index is -3.22. The van der Waals surface area contributed by atoms with Gasteiger partial charge in [-0.3, -0.25) is 58.0 Å². The van der Waals surface area contributed by atoms with Crippen molar-refractivity contribution in [2.75, 3.05) is 92.6 Å². The van der Waals surface area contributed by atoms with Crippen molar-refractivity contribution < 1.29 is 117 Å². The number of hydrogen-bond acceptors (Lipinski definition) is 24. The summed E-state index contributed by atoms with van der Waals surface area (Å²) in [4.78, 5) is 129. The van der Waals surface area contributed by atoms with Gasteiger partial charge in [0.25, 0.3) is 6.43 Å². The van der Waals surface area contributed by atoms with Crippen molar-refractivity contribution in [1.29, 1.82) is 0 Å². The van der Waals surface area contributed by atoms with Crippen LogP contribution in [0.3, 0.4) is 0 Å². The Kier molecular flexibility index (Phi) is 31.1. The summed E-state index contributed by atoms with van der Waals surface area (Å²) in [6.45, 7) is 28.8. The zero-order valence-corrected chi connectivity index (χ0v) is 88.7. The summed E-state index contributed by atoms with van der Waals surface area (Å²) in [6, 6.07) is 29.6. The third kappa shape index (κ3) is 25.5. The van der Waals surface area contributed by atoms with Gasteiger partial charge in [0.1, 0.15) is 99.3 Å². The van der Waals surface area contributed by atoms with Crippen molar-refractivity contribution in [3.8, 4) is 23.3 Å². The van der Waals surface area contributed by atoms with Crippen LogP contribution in [0, 0.1) is 34.4 Å². The molecular weight excluding hydrogens is 1960 g/mol. The molecule has 0 atom stereocenters. The number of carbonyl (C=O) groups excluding carboxylic acids is 8. The first-order valence-corrected chi connectivity index (χ1v) is 55.8. The Hall–Kier alpha value is -11.4. The minimum Gasteiger partial charge on any atom is -0.490 e. The molecule has 16 rings (SSSR count). The van der Waals surface area contributed by atoms with E-state index in [4.69, 9.17) is 18.9 Å². The maximum absolute atomic E-state index is 14.9. The van der Waals surface area contributed by atoms with Crippen molar-refractivity contribution >= 4 is 132 Å². The number of alkyl halides is 5. The van der Waals surface area contributed by atoms with Gasteiger partial charge in [-0.15, -0.1) is 0 Å². The molecule has 0 spiro atoms. The number of ether oxygens (including phenoxy) is 4. The van der Waals surface area contributed by atoms with Crippen LogP contribution in [0.5, 0.6) is 23.3 Å². The number of rotatable bonds is 30. The third-order valence-electron chi connectivity index (χ3n) is 28.6. The monoisotopic (exact) mass is 2090 g/mol. The lowest BCUT2D eigenvalue weighted by molar-refractivity contribution is -0.122. The quantitative estimate of drug-likeness (QED) is 0.0298. The number of hydrogen-bond donors (Lipinski definition) is 0. The molecular formula is C107H128F6N8O20S4. The van der Waals surface area contributed by atoms with Crippen LogP contribution in [-0.2, 0) is 80.2 Å². The Morgan fingerprint density at radius 1 is 0.400 bits per heavy atom. The molecule has 3 saturated heterocycles. The molecule has 4 aromatic heterocycles. The van der Waals surface area contributed by atoms with Gasteiger partial charge < -0.3 is 18.9 Å². The number of anilines is 8. The van der Waals surface area contributed by atoms with Crippen molar-refractivity contribution in [2.45, 2.75) is 253 Å². The third-order valence-corrected chi connectivity index (χ3v) is 34.7. The number of pyridine rings is 4. The highest BCUT2D eigenvalue weighted by Crippen LogP contribution is 2.54. The Balaban J connectivity index is 0.000000162. The number of benzene rings is 4. The first-order chi connectivity index (χ1) is 66.9. The van der Waals surface area contributed by atoms with Crippen molar-refractivity contribution in [2.24, 2.45) is 21.7 Å². The first-order valence-electron chi connectivity index (χ1n) is 48.2. The molecule has 0 unspecified atom stereocenters. The van der Waals surface area contributed by atoms with E-state index in [2.05, 4.69) is 19.9 Å². The van der Waals surface area contributed by atoms with Gasteiger partial charge in [-0.1, -0.05) is 27.2 Å². The van der Waals surface area contributed by atoms with Crippen LogP contribution in [0.1, 0.15) is 270 Å². The van der Waals surface area contributed by atoms with E-state index in [1.807, 2.05) is 48.5 Å². The number of aromatic nitrogens is 4. The highest BCUT2D eigenvalue weighted by Gasteiger charge is 2.52. The van der Waals surface area contributed by atoms with Gasteiger partial charge in [0.15, 0.2) is 35.6 Å². The molecule has 0 radical (unpaired) electrons. The summed E-state index contributed by atoms with van der Waals surface area (Å²) in [5.41, 5.74) is -2.24. The molecule has 0 bridgehead atoms. The van der Waals surface area contributed by atoms with Crippen LogP contribution in [0.2, 0.25) is 0 Å². The SMILES string of the molecule is CC(C)(F)COc1cc(N2C(=O)C(C)(C)c3cc(C(=O)CC4(C)CCS(=O)(=O)CC4)ccc32)c(F)cn1.CC(C)(F)COc1ccnc(N2C(=O)C(C)(C)c3cc(C(=O)CC4(C)CCS(=O)(=O)CC4)ccc32)c1.CC(C)(F)COc1ccnc(N2C(=O)C(C)(C)c3cc(C(=O)CC4(C)CCS(=O)(=O)CC4)ccc32)c1.Cc1cnc(OCC(F)F)cc1N1C(=O)C(C)(C)c2cc(C(=O)CC3(CS(C)(=O)=O)CCC3)ccc21. The van der Waals surface area contributed by atoms with Crippen molar-refractivity contribution in [1.82, 2.24) is 19.9 Å². The van der Waals surface area contributed by atoms with Crippen molar-refractivity contribution in [3.63, 3.8) is 0 Å². The van der Waals surface area contributed by atoms with E-state index in [0.717, 1.165) is 12.6 Å². The number of sulfone groups is 4. The number of carbonyl (C=O) groups is 8. The van der Waals surface area contributed by atoms with Gasteiger partial charge in [-0.2, -0.15) is 0 Å². The summed E-state index contributed by atoms with van der Waals surface area (Å²) in [6.07, 6.45) is 9.82. The van der Waals surface area contributed by atoms with Gasteiger partial charge in [0.2, 0.25) is 35.4 Å². The van der Waals surface area contributed by atoms with Crippen LogP contribution in [0.15, 0.2) is 134 Å². The zero-order valence-electron chi connectivity index (χ0n) is 85.4. The van der Waals surface area contributed by atoms with Gasteiger partial charge in [0, 0.05) is 97.0 Å².